The maximum Gasteiger partial charge on any atom is 0.261 e. The summed E-state index contributed by atoms with van der Waals surface area (Å²) in [6, 6.07) is 16.0. The molecule has 0 radical (unpaired) electrons. The average molecular weight is 359 g/mol. The second-order valence-corrected chi connectivity index (χ2v) is 7.04. The number of benzene rings is 2. The van der Waals surface area contributed by atoms with Crippen LogP contribution in [0.15, 0.2) is 53.3 Å². The molecule has 2 aromatic carbocycles. The number of aromatic nitrogens is 3. The topological polar surface area (TPSA) is 85.6 Å². The van der Waals surface area contributed by atoms with Gasteiger partial charge in [-0.05, 0) is 37.6 Å². The van der Waals surface area contributed by atoms with E-state index in [1.807, 2.05) is 48.5 Å². The van der Waals surface area contributed by atoms with Crippen molar-refractivity contribution in [3.05, 3.63) is 58.9 Å². The lowest BCUT2D eigenvalue weighted by atomic mass is 10.0. The first-order chi connectivity index (χ1) is 13.3. The highest BCUT2D eigenvalue weighted by molar-refractivity contribution is 5.99. The summed E-state index contributed by atoms with van der Waals surface area (Å²) >= 11 is 0. The van der Waals surface area contributed by atoms with Gasteiger partial charge in [-0.15, -0.1) is 0 Å². The van der Waals surface area contributed by atoms with Crippen molar-refractivity contribution in [1.29, 1.82) is 0 Å². The monoisotopic (exact) mass is 359 g/mol. The molecule has 0 spiro atoms. The summed E-state index contributed by atoms with van der Waals surface area (Å²) in [6.45, 7) is 1.94. The smallest absolute Gasteiger partial charge is 0.261 e. The Bertz CT molecular complexity index is 1140. The summed E-state index contributed by atoms with van der Waals surface area (Å²) in [7, 11) is 0. The number of hydrogen-bond donors (Lipinski definition) is 4. The standard InChI is InChI=1S/C21H21N5O/c27-21-18(20-24-16-9-3-4-10-17(16)25-20)19(23-13-6-5-11-22-12-13)14-7-1-2-8-15(14)26-21/h1-4,7-10,13,22H,5-6,11-12H2,(H,24,25)(H2,23,26,27). The second kappa shape index (κ2) is 6.55. The number of hydrogen-bond acceptors (Lipinski definition) is 4. The van der Waals surface area contributed by atoms with Gasteiger partial charge in [-0.1, -0.05) is 30.3 Å². The quantitative estimate of drug-likeness (QED) is 0.452. The molecule has 0 bridgehead atoms. The first-order valence-corrected chi connectivity index (χ1v) is 9.37. The van der Waals surface area contributed by atoms with Gasteiger partial charge in [-0.25, -0.2) is 4.98 Å². The Morgan fingerprint density at radius 3 is 2.63 bits per heavy atom. The van der Waals surface area contributed by atoms with Crippen molar-refractivity contribution in [3.63, 3.8) is 0 Å². The zero-order valence-corrected chi connectivity index (χ0v) is 14.9. The highest BCUT2D eigenvalue weighted by Gasteiger charge is 2.21. The van der Waals surface area contributed by atoms with Crippen molar-refractivity contribution in [3.8, 4) is 11.4 Å². The number of para-hydroxylation sites is 3. The molecule has 5 rings (SSSR count). The number of anilines is 1. The minimum Gasteiger partial charge on any atom is -0.380 e. The molecule has 136 valence electrons. The Labute approximate surface area is 156 Å². The number of fused-ring (bicyclic) bond motifs is 2. The highest BCUT2D eigenvalue weighted by Crippen LogP contribution is 2.31. The summed E-state index contributed by atoms with van der Waals surface area (Å²) in [4.78, 5) is 24.0. The fourth-order valence-electron chi connectivity index (χ4n) is 3.87. The number of nitrogens with zero attached hydrogens (tertiary/aromatic N) is 1. The third kappa shape index (κ3) is 2.88. The third-order valence-corrected chi connectivity index (χ3v) is 5.19. The van der Waals surface area contributed by atoms with Gasteiger partial charge in [0.05, 0.1) is 22.2 Å². The molecule has 4 N–H and O–H groups in total. The fraction of sp³-hybridized carbons (Fsp3) is 0.238. The van der Waals surface area contributed by atoms with Gasteiger partial charge in [0, 0.05) is 18.0 Å². The van der Waals surface area contributed by atoms with Gasteiger partial charge in [0.25, 0.3) is 5.56 Å². The molecule has 0 aliphatic carbocycles. The lowest BCUT2D eigenvalue weighted by Crippen LogP contribution is -2.38. The summed E-state index contributed by atoms with van der Waals surface area (Å²) in [5, 5.41) is 8.06. The Kier molecular flexibility index (Phi) is 3.90. The van der Waals surface area contributed by atoms with Crippen molar-refractivity contribution in [2.24, 2.45) is 0 Å². The van der Waals surface area contributed by atoms with Crippen LogP contribution in [0.1, 0.15) is 12.8 Å². The minimum absolute atomic E-state index is 0.140. The average Bonchev–Trinajstić information content (AvgIpc) is 3.12. The predicted octanol–water partition coefficient (Wildman–Crippen LogP) is 3.24. The molecule has 2 aromatic heterocycles. The first-order valence-electron chi connectivity index (χ1n) is 9.37. The normalized spacial score (nSPS) is 17.4. The predicted molar refractivity (Wildman–Crippen MR) is 109 cm³/mol. The minimum atomic E-state index is -0.140. The van der Waals surface area contributed by atoms with Crippen LogP contribution in [0.25, 0.3) is 33.3 Å². The first kappa shape index (κ1) is 16.1. The van der Waals surface area contributed by atoms with Crippen molar-refractivity contribution in [2.75, 3.05) is 18.4 Å². The number of imidazole rings is 1. The molecular formula is C21H21N5O. The Hall–Kier alpha value is -3.12. The Morgan fingerprint density at radius 2 is 1.81 bits per heavy atom. The van der Waals surface area contributed by atoms with E-state index < -0.39 is 0 Å². The van der Waals surface area contributed by atoms with Crippen LogP contribution in [-0.4, -0.2) is 34.1 Å². The van der Waals surface area contributed by atoms with Crippen LogP contribution in [-0.2, 0) is 0 Å². The van der Waals surface area contributed by atoms with Gasteiger partial charge in [0.15, 0.2) is 0 Å². The molecular weight excluding hydrogens is 338 g/mol. The summed E-state index contributed by atoms with van der Waals surface area (Å²) < 4.78 is 0. The lowest BCUT2D eigenvalue weighted by Gasteiger charge is -2.26. The molecule has 1 unspecified atom stereocenters. The molecule has 6 heteroatoms. The molecule has 0 saturated carbocycles. The third-order valence-electron chi connectivity index (χ3n) is 5.19. The van der Waals surface area contributed by atoms with E-state index in [0.29, 0.717) is 11.4 Å². The van der Waals surface area contributed by atoms with E-state index >= 15 is 0 Å². The molecule has 6 nitrogen and oxygen atoms in total. The van der Waals surface area contributed by atoms with E-state index in [9.17, 15) is 4.79 Å². The number of nitrogens with one attached hydrogen (secondary N) is 4. The molecule has 1 fully saturated rings. The molecule has 1 atom stereocenters. The number of rotatable bonds is 3. The number of pyridine rings is 1. The molecule has 1 aliphatic rings. The van der Waals surface area contributed by atoms with Gasteiger partial charge < -0.3 is 20.6 Å². The van der Waals surface area contributed by atoms with Crippen molar-refractivity contribution in [1.82, 2.24) is 20.3 Å². The van der Waals surface area contributed by atoms with Crippen LogP contribution in [0.5, 0.6) is 0 Å². The van der Waals surface area contributed by atoms with Crippen molar-refractivity contribution >= 4 is 27.6 Å². The fourth-order valence-corrected chi connectivity index (χ4v) is 3.87. The van der Waals surface area contributed by atoms with E-state index in [4.69, 9.17) is 0 Å². The summed E-state index contributed by atoms with van der Waals surface area (Å²) in [6.07, 6.45) is 2.20. The van der Waals surface area contributed by atoms with E-state index in [1.54, 1.807) is 0 Å². The van der Waals surface area contributed by atoms with Crippen LogP contribution in [0.3, 0.4) is 0 Å². The van der Waals surface area contributed by atoms with E-state index in [2.05, 4.69) is 25.6 Å². The van der Waals surface area contributed by atoms with E-state index in [0.717, 1.165) is 53.6 Å². The van der Waals surface area contributed by atoms with Crippen LogP contribution in [0.4, 0.5) is 5.69 Å². The van der Waals surface area contributed by atoms with Gasteiger partial charge in [0.2, 0.25) is 0 Å². The van der Waals surface area contributed by atoms with Gasteiger partial charge in [-0.3, -0.25) is 4.79 Å². The SMILES string of the molecule is O=c1[nH]c2ccccc2c(NC2CCCNC2)c1-c1nc2ccccc2[nH]1. The summed E-state index contributed by atoms with van der Waals surface area (Å²) in [5.74, 6) is 0.592. The number of aromatic amines is 2. The zero-order valence-electron chi connectivity index (χ0n) is 14.9. The maximum absolute atomic E-state index is 13.0. The van der Waals surface area contributed by atoms with Gasteiger partial charge in [-0.2, -0.15) is 0 Å². The van der Waals surface area contributed by atoms with Crippen LogP contribution in [0, 0.1) is 0 Å². The number of H-pyrrole nitrogens is 2. The Balaban J connectivity index is 1.73. The summed E-state index contributed by atoms with van der Waals surface area (Å²) in [5.41, 5.74) is 3.88. The Morgan fingerprint density at radius 1 is 1.00 bits per heavy atom. The van der Waals surface area contributed by atoms with Gasteiger partial charge >= 0.3 is 0 Å². The van der Waals surface area contributed by atoms with Crippen LogP contribution in [0.2, 0.25) is 0 Å². The van der Waals surface area contributed by atoms with Crippen molar-refractivity contribution < 1.29 is 0 Å². The zero-order chi connectivity index (χ0) is 18.2. The molecule has 3 heterocycles. The van der Waals surface area contributed by atoms with Crippen molar-refractivity contribution in [2.45, 2.75) is 18.9 Å². The molecule has 1 saturated heterocycles. The van der Waals surface area contributed by atoms with Crippen LogP contribution < -0.4 is 16.2 Å². The highest BCUT2D eigenvalue weighted by atomic mass is 16.1. The van der Waals surface area contributed by atoms with E-state index in [1.165, 1.54) is 0 Å². The van der Waals surface area contributed by atoms with Gasteiger partial charge in [0.1, 0.15) is 11.4 Å². The molecule has 1 aliphatic heterocycles. The molecule has 4 aromatic rings. The largest absolute Gasteiger partial charge is 0.380 e. The van der Waals surface area contributed by atoms with Crippen LogP contribution >= 0.6 is 0 Å². The second-order valence-electron chi connectivity index (χ2n) is 7.04. The molecule has 0 amide bonds. The molecule has 27 heavy (non-hydrogen) atoms. The number of piperidine rings is 1. The maximum atomic E-state index is 13.0. The lowest BCUT2D eigenvalue weighted by molar-refractivity contribution is 0.480. The van der Waals surface area contributed by atoms with E-state index in [-0.39, 0.29) is 11.6 Å².